The molecule has 18 heavy (non-hydrogen) atoms. The Kier molecular flexibility index (Phi) is 5.86. The SMILES string of the molecule is CCN(Cc1ccccc1C)C(=O)COC(C)C. The summed E-state index contributed by atoms with van der Waals surface area (Å²) in [6.07, 6.45) is 0.0890. The molecular formula is C15H23NO2. The van der Waals surface area contributed by atoms with E-state index in [4.69, 9.17) is 4.74 Å². The minimum absolute atomic E-state index is 0.0504. The van der Waals surface area contributed by atoms with Crippen LogP contribution in [-0.2, 0) is 16.1 Å². The van der Waals surface area contributed by atoms with Gasteiger partial charge in [0.25, 0.3) is 0 Å². The van der Waals surface area contributed by atoms with Crippen molar-refractivity contribution in [2.45, 2.75) is 40.3 Å². The van der Waals surface area contributed by atoms with E-state index in [-0.39, 0.29) is 18.6 Å². The summed E-state index contributed by atoms with van der Waals surface area (Å²) in [5.41, 5.74) is 2.41. The third kappa shape index (κ3) is 4.49. The molecule has 0 spiro atoms. The van der Waals surface area contributed by atoms with Crippen LogP contribution in [0.5, 0.6) is 0 Å². The van der Waals surface area contributed by atoms with E-state index in [1.807, 2.05) is 37.8 Å². The number of nitrogens with zero attached hydrogens (tertiary/aromatic N) is 1. The third-order valence-corrected chi connectivity index (χ3v) is 2.90. The van der Waals surface area contributed by atoms with Crippen LogP contribution < -0.4 is 0 Å². The Hall–Kier alpha value is -1.35. The summed E-state index contributed by atoms with van der Waals surface area (Å²) in [4.78, 5) is 13.8. The molecule has 0 saturated carbocycles. The van der Waals surface area contributed by atoms with Gasteiger partial charge in [-0.3, -0.25) is 4.79 Å². The minimum Gasteiger partial charge on any atom is -0.369 e. The van der Waals surface area contributed by atoms with E-state index in [1.165, 1.54) is 11.1 Å². The second-order valence-corrected chi connectivity index (χ2v) is 4.69. The molecule has 1 rings (SSSR count). The number of carbonyl (C=O) groups is 1. The Bertz CT molecular complexity index is 388. The van der Waals surface area contributed by atoms with Crippen molar-refractivity contribution >= 4 is 5.91 Å². The van der Waals surface area contributed by atoms with Gasteiger partial charge in [-0.15, -0.1) is 0 Å². The van der Waals surface area contributed by atoms with Crippen LogP contribution in [0, 0.1) is 6.92 Å². The highest BCUT2D eigenvalue weighted by molar-refractivity contribution is 5.77. The molecule has 3 nitrogen and oxygen atoms in total. The van der Waals surface area contributed by atoms with Crippen molar-refractivity contribution in [2.75, 3.05) is 13.2 Å². The van der Waals surface area contributed by atoms with Crippen LogP contribution >= 0.6 is 0 Å². The molecule has 0 heterocycles. The lowest BCUT2D eigenvalue weighted by Crippen LogP contribution is -2.34. The van der Waals surface area contributed by atoms with Gasteiger partial charge in [0.2, 0.25) is 5.91 Å². The van der Waals surface area contributed by atoms with Crippen LogP contribution in [0.15, 0.2) is 24.3 Å². The Morgan fingerprint density at radius 1 is 1.33 bits per heavy atom. The van der Waals surface area contributed by atoms with Gasteiger partial charge in [0.1, 0.15) is 6.61 Å². The lowest BCUT2D eigenvalue weighted by molar-refractivity contribution is -0.138. The van der Waals surface area contributed by atoms with Crippen LogP contribution in [-0.4, -0.2) is 30.1 Å². The fraction of sp³-hybridized carbons (Fsp3) is 0.533. The van der Waals surface area contributed by atoms with Crippen molar-refractivity contribution in [3.63, 3.8) is 0 Å². The predicted molar refractivity (Wildman–Crippen MR) is 73.4 cm³/mol. The van der Waals surface area contributed by atoms with E-state index in [2.05, 4.69) is 19.1 Å². The maximum absolute atomic E-state index is 12.0. The highest BCUT2D eigenvalue weighted by Gasteiger charge is 2.13. The molecule has 1 aromatic rings. The molecule has 1 amide bonds. The van der Waals surface area contributed by atoms with Crippen LogP contribution in [0.3, 0.4) is 0 Å². The molecule has 0 aliphatic heterocycles. The quantitative estimate of drug-likeness (QED) is 0.776. The predicted octanol–water partition coefficient (Wildman–Crippen LogP) is 2.77. The lowest BCUT2D eigenvalue weighted by Gasteiger charge is -2.22. The molecule has 0 fully saturated rings. The first-order valence-corrected chi connectivity index (χ1v) is 6.48. The molecule has 0 bridgehead atoms. The van der Waals surface area contributed by atoms with Crippen LogP contribution in [0.2, 0.25) is 0 Å². The van der Waals surface area contributed by atoms with E-state index < -0.39 is 0 Å². The number of carbonyl (C=O) groups excluding carboxylic acids is 1. The summed E-state index contributed by atoms with van der Waals surface area (Å²) in [5, 5.41) is 0. The second-order valence-electron chi connectivity index (χ2n) is 4.69. The highest BCUT2D eigenvalue weighted by atomic mass is 16.5. The number of likely N-dealkylation sites (N-methyl/N-ethyl adjacent to an activating group) is 1. The summed E-state index contributed by atoms with van der Waals surface area (Å²) in [6.45, 7) is 9.45. The first-order valence-electron chi connectivity index (χ1n) is 6.48. The molecule has 1 aromatic carbocycles. The summed E-state index contributed by atoms with van der Waals surface area (Å²) in [7, 11) is 0. The van der Waals surface area contributed by atoms with Gasteiger partial charge in [-0.2, -0.15) is 0 Å². The van der Waals surface area contributed by atoms with E-state index >= 15 is 0 Å². The number of hydrogen-bond donors (Lipinski definition) is 0. The number of benzene rings is 1. The number of rotatable bonds is 6. The molecule has 0 radical (unpaired) electrons. The maximum Gasteiger partial charge on any atom is 0.248 e. The van der Waals surface area contributed by atoms with Crippen LogP contribution in [0.25, 0.3) is 0 Å². The Morgan fingerprint density at radius 3 is 2.56 bits per heavy atom. The molecule has 3 heteroatoms. The molecule has 0 unspecified atom stereocenters. The molecule has 0 aliphatic carbocycles. The zero-order chi connectivity index (χ0) is 13.5. The largest absolute Gasteiger partial charge is 0.369 e. The topological polar surface area (TPSA) is 29.5 Å². The van der Waals surface area contributed by atoms with Gasteiger partial charge in [0.15, 0.2) is 0 Å². The Labute approximate surface area is 110 Å². The van der Waals surface area contributed by atoms with Crippen molar-refractivity contribution in [1.29, 1.82) is 0 Å². The monoisotopic (exact) mass is 249 g/mol. The lowest BCUT2D eigenvalue weighted by atomic mass is 10.1. The van der Waals surface area contributed by atoms with Crippen LogP contribution in [0.1, 0.15) is 31.9 Å². The number of hydrogen-bond acceptors (Lipinski definition) is 2. The standard InChI is InChI=1S/C15H23NO2/c1-5-16(15(17)11-18-12(2)3)10-14-9-7-6-8-13(14)4/h6-9,12H,5,10-11H2,1-4H3. The summed E-state index contributed by atoms with van der Waals surface area (Å²) >= 11 is 0. The average Bonchev–Trinajstić information content (AvgIpc) is 2.35. The van der Waals surface area contributed by atoms with E-state index in [0.717, 1.165) is 0 Å². The fourth-order valence-electron chi connectivity index (χ4n) is 1.70. The maximum atomic E-state index is 12.0. The van der Waals surface area contributed by atoms with Crippen molar-refractivity contribution in [3.8, 4) is 0 Å². The molecule has 0 atom stereocenters. The average molecular weight is 249 g/mol. The van der Waals surface area contributed by atoms with Crippen molar-refractivity contribution in [3.05, 3.63) is 35.4 Å². The van der Waals surface area contributed by atoms with Gasteiger partial charge in [-0.1, -0.05) is 24.3 Å². The normalized spacial score (nSPS) is 10.7. The van der Waals surface area contributed by atoms with Gasteiger partial charge in [0.05, 0.1) is 6.10 Å². The number of ether oxygens (including phenoxy) is 1. The molecule has 0 aliphatic rings. The Balaban J connectivity index is 2.62. The third-order valence-electron chi connectivity index (χ3n) is 2.90. The van der Waals surface area contributed by atoms with Crippen molar-refractivity contribution in [1.82, 2.24) is 4.90 Å². The zero-order valence-corrected chi connectivity index (χ0v) is 11.8. The summed E-state index contributed by atoms with van der Waals surface area (Å²) < 4.78 is 5.36. The number of amides is 1. The first kappa shape index (κ1) is 14.7. The van der Waals surface area contributed by atoms with Gasteiger partial charge >= 0.3 is 0 Å². The zero-order valence-electron chi connectivity index (χ0n) is 11.8. The summed E-state index contributed by atoms with van der Waals surface area (Å²) in [6, 6.07) is 8.15. The van der Waals surface area contributed by atoms with Gasteiger partial charge in [0, 0.05) is 13.1 Å². The van der Waals surface area contributed by atoms with Crippen LogP contribution in [0.4, 0.5) is 0 Å². The molecule has 0 aromatic heterocycles. The number of aryl methyl sites for hydroxylation is 1. The minimum atomic E-state index is 0.0504. The van der Waals surface area contributed by atoms with E-state index in [0.29, 0.717) is 13.1 Å². The molecule has 0 N–H and O–H groups in total. The highest BCUT2D eigenvalue weighted by Crippen LogP contribution is 2.10. The summed E-state index contributed by atoms with van der Waals surface area (Å²) in [5.74, 6) is 0.0504. The van der Waals surface area contributed by atoms with E-state index in [9.17, 15) is 4.79 Å². The van der Waals surface area contributed by atoms with Gasteiger partial charge in [-0.05, 0) is 38.8 Å². The first-order chi connectivity index (χ1) is 8.54. The smallest absolute Gasteiger partial charge is 0.248 e. The fourth-order valence-corrected chi connectivity index (χ4v) is 1.70. The van der Waals surface area contributed by atoms with Crippen molar-refractivity contribution in [2.24, 2.45) is 0 Å². The van der Waals surface area contributed by atoms with Crippen molar-refractivity contribution < 1.29 is 9.53 Å². The Morgan fingerprint density at radius 2 is 2.00 bits per heavy atom. The second kappa shape index (κ2) is 7.17. The van der Waals surface area contributed by atoms with Gasteiger partial charge in [-0.25, -0.2) is 0 Å². The molecular weight excluding hydrogens is 226 g/mol. The van der Waals surface area contributed by atoms with Gasteiger partial charge < -0.3 is 9.64 Å². The molecule has 100 valence electrons. The molecule has 0 saturated heterocycles. The van der Waals surface area contributed by atoms with E-state index in [1.54, 1.807) is 0 Å².